The van der Waals surface area contributed by atoms with E-state index in [1.165, 1.54) is 0 Å². The molecule has 0 unspecified atom stereocenters. The van der Waals surface area contributed by atoms with Crippen molar-refractivity contribution in [2.45, 2.75) is 18.9 Å². The lowest BCUT2D eigenvalue weighted by Gasteiger charge is -2.31. The fraction of sp³-hybridized carbons (Fsp3) is 0.300. The first-order valence-corrected chi connectivity index (χ1v) is 9.82. The molecule has 0 atom stereocenters. The largest absolute Gasteiger partial charge is 0.349 e. The fourth-order valence-corrected chi connectivity index (χ4v) is 3.61. The predicted octanol–water partition coefficient (Wildman–Crippen LogP) is 3.12. The van der Waals surface area contributed by atoms with E-state index in [0.717, 1.165) is 35.2 Å². The smallest absolute Gasteiger partial charge is 0.251 e. The average molecular weight is 463 g/mol. The highest BCUT2D eigenvalue weighted by atomic mass is 127. The molecule has 26 heavy (non-hydrogen) atoms. The fourth-order valence-electron chi connectivity index (χ4n) is 3.06. The minimum absolute atomic E-state index is 0.00114. The normalized spacial score (nSPS) is 15.4. The molecule has 2 amide bonds. The molecule has 1 aliphatic rings. The van der Waals surface area contributed by atoms with Crippen molar-refractivity contribution in [3.63, 3.8) is 0 Å². The van der Waals surface area contributed by atoms with Crippen molar-refractivity contribution in [1.82, 2.24) is 10.2 Å². The highest BCUT2D eigenvalue weighted by molar-refractivity contribution is 14.1. The van der Waals surface area contributed by atoms with Gasteiger partial charge in [-0.25, -0.2) is 0 Å². The van der Waals surface area contributed by atoms with E-state index in [0.29, 0.717) is 12.1 Å². The molecule has 3 rings (SSSR count). The van der Waals surface area contributed by atoms with Gasteiger partial charge in [0.2, 0.25) is 5.91 Å². The number of piperidine rings is 1. The van der Waals surface area contributed by atoms with Crippen LogP contribution in [-0.4, -0.2) is 42.4 Å². The summed E-state index contributed by atoms with van der Waals surface area (Å²) in [5, 5.41) is 6.03. The van der Waals surface area contributed by atoms with Gasteiger partial charge in [-0.2, -0.15) is 0 Å². The zero-order valence-electron chi connectivity index (χ0n) is 14.5. The summed E-state index contributed by atoms with van der Waals surface area (Å²) < 4.78 is 1.09. The molecule has 5 nitrogen and oxygen atoms in total. The van der Waals surface area contributed by atoms with Crippen LogP contribution in [0.4, 0.5) is 5.69 Å². The van der Waals surface area contributed by atoms with E-state index < -0.39 is 0 Å². The van der Waals surface area contributed by atoms with Crippen LogP contribution in [0, 0.1) is 3.57 Å². The Balaban J connectivity index is 1.42. The number of rotatable bonds is 5. The SMILES string of the molecule is O=C(CN1CCC(NC(=O)c2ccccc2)CC1)Nc1cccc(I)c1. The third kappa shape index (κ3) is 5.54. The first kappa shape index (κ1) is 18.8. The van der Waals surface area contributed by atoms with E-state index in [9.17, 15) is 9.59 Å². The minimum Gasteiger partial charge on any atom is -0.349 e. The zero-order valence-corrected chi connectivity index (χ0v) is 16.6. The first-order valence-electron chi connectivity index (χ1n) is 8.74. The van der Waals surface area contributed by atoms with Crippen LogP contribution in [-0.2, 0) is 4.79 Å². The second kappa shape index (κ2) is 9.14. The quantitative estimate of drug-likeness (QED) is 0.671. The van der Waals surface area contributed by atoms with Crippen LogP contribution >= 0.6 is 22.6 Å². The number of hydrogen-bond donors (Lipinski definition) is 2. The molecule has 1 aliphatic heterocycles. The number of amides is 2. The Morgan fingerprint density at radius 1 is 1.04 bits per heavy atom. The van der Waals surface area contributed by atoms with Gasteiger partial charge in [0.05, 0.1) is 6.54 Å². The maximum Gasteiger partial charge on any atom is 0.251 e. The van der Waals surface area contributed by atoms with Gasteiger partial charge in [-0.3, -0.25) is 14.5 Å². The Morgan fingerprint density at radius 2 is 1.77 bits per heavy atom. The summed E-state index contributed by atoms with van der Waals surface area (Å²) in [6.07, 6.45) is 1.71. The highest BCUT2D eigenvalue weighted by Gasteiger charge is 2.22. The van der Waals surface area contributed by atoms with Crippen molar-refractivity contribution in [3.05, 3.63) is 63.7 Å². The molecule has 0 spiro atoms. The van der Waals surface area contributed by atoms with Gasteiger partial charge < -0.3 is 10.6 Å². The van der Waals surface area contributed by atoms with Crippen LogP contribution in [0.3, 0.4) is 0 Å². The summed E-state index contributed by atoms with van der Waals surface area (Å²) >= 11 is 2.23. The highest BCUT2D eigenvalue weighted by Crippen LogP contribution is 2.14. The molecule has 0 aliphatic carbocycles. The second-order valence-corrected chi connectivity index (χ2v) is 7.69. The van der Waals surface area contributed by atoms with Crippen LogP contribution in [0.2, 0.25) is 0 Å². The first-order chi connectivity index (χ1) is 12.6. The monoisotopic (exact) mass is 463 g/mol. The number of benzene rings is 2. The summed E-state index contributed by atoms with van der Waals surface area (Å²) in [5.74, 6) is -0.0285. The molecule has 2 aromatic carbocycles. The third-order valence-corrected chi connectivity index (χ3v) is 5.11. The van der Waals surface area contributed by atoms with Crippen LogP contribution in [0.5, 0.6) is 0 Å². The topological polar surface area (TPSA) is 61.4 Å². The van der Waals surface area contributed by atoms with Crippen molar-refractivity contribution >= 4 is 40.1 Å². The molecular weight excluding hydrogens is 441 g/mol. The van der Waals surface area contributed by atoms with Gasteiger partial charge in [-0.05, 0) is 65.8 Å². The number of halogens is 1. The second-order valence-electron chi connectivity index (χ2n) is 6.45. The number of anilines is 1. The lowest BCUT2D eigenvalue weighted by atomic mass is 10.0. The molecular formula is C20H22IN3O2. The maximum atomic E-state index is 12.2. The van der Waals surface area contributed by atoms with Crippen molar-refractivity contribution < 1.29 is 9.59 Å². The molecule has 2 aromatic rings. The average Bonchev–Trinajstić information content (AvgIpc) is 2.64. The number of hydrogen-bond acceptors (Lipinski definition) is 3. The Labute approximate surface area is 167 Å². The van der Waals surface area contributed by atoms with Gasteiger partial charge in [-0.15, -0.1) is 0 Å². The van der Waals surface area contributed by atoms with Gasteiger partial charge in [0.1, 0.15) is 0 Å². The minimum atomic E-state index is -0.0273. The Kier molecular flexibility index (Phi) is 6.62. The summed E-state index contributed by atoms with van der Waals surface area (Å²) in [4.78, 5) is 26.6. The van der Waals surface area contributed by atoms with Crippen LogP contribution in [0.25, 0.3) is 0 Å². The van der Waals surface area contributed by atoms with Crippen LogP contribution < -0.4 is 10.6 Å². The lowest BCUT2D eigenvalue weighted by Crippen LogP contribution is -2.46. The number of likely N-dealkylation sites (tertiary alicyclic amines) is 1. The Bertz CT molecular complexity index is 759. The standard InChI is InChI=1S/C20H22IN3O2/c21-16-7-4-8-18(13-16)22-19(25)14-24-11-9-17(10-12-24)23-20(26)15-5-2-1-3-6-15/h1-8,13,17H,9-12,14H2,(H,22,25)(H,23,26). The molecule has 0 saturated carbocycles. The molecule has 136 valence electrons. The van der Waals surface area contributed by atoms with Gasteiger partial charge in [0, 0.05) is 34.0 Å². The van der Waals surface area contributed by atoms with E-state index in [1.807, 2.05) is 54.6 Å². The number of carbonyl (C=O) groups excluding carboxylic acids is 2. The molecule has 1 fully saturated rings. The van der Waals surface area contributed by atoms with E-state index in [-0.39, 0.29) is 17.9 Å². The van der Waals surface area contributed by atoms with Crippen molar-refractivity contribution in [2.75, 3.05) is 25.0 Å². The molecule has 0 radical (unpaired) electrons. The zero-order chi connectivity index (χ0) is 18.4. The van der Waals surface area contributed by atoms with E-state index in [2.05, 4.69) is 38.1 Å². The summed E-state index contributed by atoms with van der Waals surface area (Å²) in [6, 6.07) is 17.2. The molecule has 1 saturated heterocycles. The summed E-state index contributed by atoms with van der Waals surface area (Å²) in [6.45, 7) is 1.99. The number of nitrogens with zero attached hydrogens (tertiary/aromatic N) is 1. The Morgan fingerprint density at radius 3 is 2.46 bits per heavy atom. The van der Waals surface area contributed by atoms with Gasteiger partial charge in [0.25, 0.3) is 5.91 Å². The number of carbonyl (C=O) groups is 2. The van der Waals surface area contributed by atoms with Crippen LogP contribution in [0.1, 0.15) is 23.2 Å². The number of nitrogens with one attached hydrogen (secondary N) is 2. The Hall–Kier alpha value is -1.93. The predicted molar refractivity (Wildman–Crippen MR) is 111 cm³/mol. The van der Waals surface area contributed by atoms with Crippen molar-refractivity contribution in [1.29, 1.82) is 0 Å². The molecule has 2 N–H and O–H groups in total. The van der Waals surface area contributed by atoms with E-state index >= 15 is 0 Å². The maximum absolute atomic E-state index is 12.2. The molecule has 1 heterocycles. The van der Waals surface area contributed by atoms with E-state index in [4.69, 9.17) is 0 Å². The van der Waals surface area contributed by atoms with Gasteiger partial charge in [-0.1, -0.05) is 24.3 Å². The molecule has 0 aromatic heterocycles. The molecule has 6 heteroatoms. The third-order valence-electron chi connectivity index (χ3n) is 4.43. The molecule has 0 bridgehead atoms. The van der Waals surface area contributed by atoms with Gasteiger partial charge in [0.15, 0.2) is 0 Å². The van der Waals surface area contributed by atoms with Gasteiger partial charge >= 0.3 is 0 Å². The van der Waals surface area contributed by atoms with Crippen molar-refractivity contribution in [2.24, 2.45) is 0 Å². The van der Waals surface area contributed by atoms with Crippen molar-refractivity contribution in [3.8, 4) is 0 Å². The summed E-state index contributed by atoms with van der Waals surface area (Å²) in [7, 11) is 0. The van der Waals surface area contributed by atoms with Crippen LogP contribution in [0.15, 0.2) is 54.6 Å². The summed E-state index contributed by atoms with van der Waals surface area (Å²) in [5.41, 5.74) is 1.51. The van der Waals surface area contributed by atoms with E-state index in [1.54, 1.807) is 0 Å². The lowest BCUT2D eigenvalue weighted by molar-refractivity contribution is -0.117.